The van der Waals surface area contributed by atoms with Gasteiger partial charge in [0.05, 0.1) is 6.10 Å². The van der Waals surface area contributed by atoms with Crippen molar-refractivity contribution in [2.24, 2.45) is 11.8 Å². The SMILES string of the molecule is CCC(C)C([O])C(C)CC. The van der Waals surface area contributed by atoms with Crippen molar-refractivity contribution >= 4 is 0 Å². The summed E-state index contributed by atoms with van der Waals surface area (Å²) in [6.45, 7) is 8.25. The van der Waals surface area contributed by atoms with Crippen LogP contribution >= 0.6 is 0 Å². The molecule has 0 saturated carbocycles. The lowest BCUT2D eigenvalue weighted by molar-refractivity contribution is -0.00135. The minimum atomic E-state index is -0.352. The van der Waals surface area contributed by atoms with Crippen molar-refractivity contribution in [3.05, 3.63) is 0 Å². The maximum Gasteiger partial charge on any atom is 0.0980 e. The first-order chi connectivity index (χ1) is 4.63. The smallest absolute Gasteiger partial charge is 0.0980 e. The normalized spacial score (nSPS) is 20.1. The fourth-order valence-corrected chi connectivity index (χ4v) is 1.03. The molecule has 1 nitrogen and oxygen atoms in total. The van der Waals surface area contributed by atoms with E-state index in [1.165, 1.54) is 0 Å². The van der Waals surface area contributed by atoms with Crippen molar-refractivity contribution in [3.63, 3.8) is 0 Å². The maximum absolute atomic E-state index is 11.4. The van der Waals surface area contributed by atoms with Crippen molar-refractivity contribution < 1.29 is 5.11 Å². The second-order valence-corrected chi connectivity index (χ2v) is 3.24. The van der Waals surface area contributed by atoms with Crippen molar-refractivity contribution in [3.8, 4) is 0 Å². The monoisotopic (exact) mass is 143 g/mol. The van der Waals surface area contributed by atoms with Crippen LogP contribution in [-0.2, 0) is 5.11 Å². The van der Waals surface area contributed by atoms with Gasteiger partial charge in [0.2, 0.25) is 0 Å². The highest BCUT2D eigenvalue weighted by Gasteiger charge is 2.19. The summed E-state index contributed by atoms with van der Waals surface area (Å²) in [4.78, 5) is 0. The molecular weight excluding hydrogens is 124 g/mol. The van der Waals surface area contributed by atoms with Gasteiger partial charge in [0, 0.05) is 0 Å². The molecule has 0 spiro atoms. The summed E-state index contributed by atoms with van der Waals surface area (Å²) in [5, 5.41) is 11.4. The standard InChI is InChI=1S/C9H19O/c1-5-7(3)9(10)8(4)6-2/h7-9H,5-6H2,1-4H3. The first-order valence-corrected chi connectivity index (χ1v) is 4.29. The molecule has 0 saturated heterocycles. The van der Waals surface area contributed by atoms with Gasteiger partial charge in [-0.15, -0.1) is 0 Å². The quantitative estimate of drug-likeness (QED) is 0.576. The summed E-state index contributed by atoms with van der Waals surface area (Å²) in [6, 6.07) is 0. The Labute approximate surface area is 64.5 Å². The molecule has 1 heteroatoms. The lowest BCUT2D eigenvalue weighted by Crippen LogP contribution is -2.23. The third-order valence-corrected chi connectivity index (χ3v) is 2.41. The predicted octanol–water partition coefficient (Wildman–Crippen LogP) is 2.88. The van der Waals surface area contributed by atoms with Crippen LogP contribution in [0.3, 0.4) is 0 Å². The molecule has 61 valence electrons. The number of hydrogen-bond acceptors (Lipinski definition) is 0. The Kier molecular flexibility index (Phi) is 4.71. The molecule has 0 heterocycles. The van der Waals surface area contributed by atoms with Gasteiger partial charge in [-0.05, 0) is 11.8 Å². The van der Waals surface area contributed by atoms with Crippen LogP contribution in [0.5, 0.6) is 0 Å². The summed E-state index contributed by atoms with van der Waals surface area (Å²) in [5.74, 6) is 0.685. The van der Waals surface area contributed by atoms with Crippen LogP contribution in [0, 0.1) is 11.8 Å². The van der Waals surface area contributed by atoms with Crippen molar-refractivity contribution in [1.82, 2.24) is 0 Å². The second-order valence-electron chi connectivity index (χ2n) is 3.24. The van der Waals surface area contributed by atoms with Crippen LogP contribution in [0.2, 0.25) is 0 Å². The van der Waals surface area contributed by atoms with E-state index in [0.717, 1.165) is 12.8 Å². The third kappa shape index (κ3) is 2.70. The molecule has 0 fully saturated rings. The zero-order chi connectivity index (χ0) is 8.15. The molecule has 0 bridgehead atoms. The molecule has 0 N–H and O–H groups in total. The molecule has 10 heavy (non-hydrogen) atoms. The van der Waals surface area contributed by atoms with Crippen LogP contribution in [0.15, 0.2) is 0 Å². The molecule has 0 aromatic carbocycles. The fourth-order valence-electron chi connectivity index (χ4n) is 1.03. The van der Waals surface area contributed by atoms with Gasteiger partial charge in [-0.1, -0.05) is 40.5 Å². The molecule has 0 aliphatic rings. The summed E-state index contributed by atoms with van der Waals surface area (Å²) >= 11 is 0. The average Bonchev–Trinajstić information content (AvgIpc) is 2.00. The third-order valence-electron chi connectivity index (χ3n) is 2.41. The zero-order valence-corrected chi connectivity index (χ0v) is 7.55. The van der Waals surface area contributed by atoms with Crippen LogP contribution in [-0.4, -0.2) is 6.10 Å². The number of rotatable bonds is 4. The first-order valence-electron chi connectivity index (χ1n) is 4.29. The molecular formula is C9H19O. The van der Waals surface area contributed by atoms with Gasteiger partial charge in [0.1, 0.15) is 0 Å². The highest BCUT2D eigenvalue weighted by Crippen LogP contribution is 2.18. The van der Waals surface area contributed by atoms with Crippen molar-refractivity contribution in [2.75, 3.05) is 0 Å². The van der Waals surface area contributed by atoms with Gasteiger partial charge in [-0.25, -0.2) is 5.11 Å². The topological polar surface area (TPSA) is 19.9 Å². The predicted molar refractivity (Wildman–Crippen MR) is 43.4 cm³/mol. The Balaban J connectivity index is 3.69. The van der Waals surface area contributed by atoms with Gasteiger partial charge in [-0.3, -0.25) is 0 Å². The Morgan fingerprint density at radius 1 is 1.00 bits per heavy atom. The van der Waals surface area contributed by atoms with E-state index in [2.05, 4.69) is 13.8 Å². The summed E-state index contributed by atoms with van der Waals surface area (Å²) in [7, 11) is 0. The first kappa shape index (κ1) is 9.96. The van der Waals surface area contributed by atoms with E-state index in [4.69, 9.17) is 0 Å². The van der Waals surface area contributed by atoms with Gasteiger partial charge in [0.25, 0.3) is 0 Å². The minimum absolute atomic E-state index is 0.343. The zero-order valence-electron chi connectivity index (χ0n) is 7.55. The van der Waals surface area contributed by atoms with Gasteiger partial charge >= 0.3 is 0 Å². The van der Waals surface area contributed by atoms with Crippen molar-refractivity contribution in [1.29, 1.82) is 0 Å². The Hall–Kier alpha value is -0.0400. The number of hydrogen-bond donors (Lipinski definition) is 0. The van der Waals surface area contributed by atoms with Gasteiger partial charge in [0.15, 0.2) is 0 Å². The molecule has 0 aliphatic heterocycles. The summed E-state index contributed by atoms with van der Waals surface area (Å²) < 4.78 is 0. The highest BCUT2D eigenvalue weighted by atomic mass is 16.3. The molecule has 0 aromatic rings. The van der Waals surface area contributed by atoms with E-state index in [-0.39, 0.29) is 6.10 Å². The van der Waals surface area contributed by atoms with E-state index in [1.807, 2.05) is 13.8 Å². The largest absolute Gasteiger partial charge is 0.233 e. The van der Waals surface area contributed by atoms with Crippen LogP contribution in [0.4, 0.5) is 0 Å². The average molecular weight is 143 g/mol. The van der Waals surface area contributed by atoms with Crippen LogP contribution in [0.1, 0.15) is 40.5 Å². The van der Waals surface area contributed by atoms with Crippen molar-refractivity contribution in [2.45, 2.75) is 46.6 Å². The van der Waals surface area contributed by atoms with Gasteiger partial charge in [-0.2, -0.15) is 0 Å². The minimum Gasteiger partial charge on any atom is -0.233 e. The van der Waals surface area contributed by atoms with Crippen LogP contribution < -0.4 is 0 Å². The highest BCUT2D eigenvalue weighted by molar-refractivity contribution is 4.67. The molecule has 0 amide bonds. The molecule has 0 aliphatic carbocycles. The summed E-state index contributed by atoms with van der Waals surface area (Å²) in [6.07, 6.45) is 1.67. The van der Waals surface area contributed by atoms with E-state index in [1.54, 1.807) is 0 Å². The summed E-state index contributed by atoms with van der Waals surface area (Å²) in [5.41, 5.74) is 0. The molecule has 1 radical (unpaired) electrons. The lowest BCUT2D eigenvalue weighted by Gasteiger charge is -2.20. The Morgan fingerprint density at radius 2 is 1.30 bits per heavy atom. The molecule has 2 atom stereocenters. The molecule has 0 aromatic heterocycles. The molecule has 0 rings (SSSR count). The molecule has 2 unspecified atom stereocenters. The lowest BCUT2D eigenvalue weighted by atomic mass is 9.90. The maximum atomic E-state index is 11.4. The Morgan fingerprint density at radius 3 is 1.50 bits per heavy atom. The van der Waals surface area contributed by atoms with Gasteiger partial charge < -0.3 is 0 Å². The van der Waals surface area contributed by atoms with E-state index in [0.29, 0.717) is 11.8 Å². The van der Waals surface area contributed by atoms with E-state index < -0.39 is 0 Å². The fraction of sp³-hybridized carbons (Fsp3) is 1.00. The van der Waals surface area contributed by atoms with Crippen LogP contribution in [0.25, 0.3) is 0 Å². The van der Waals surface area contributed by atoms with E-state index in [9.17, 15) is 5.11 Å². The van der Waals surface area contributed by atoms with E-state index >= 15 is 0 Å². The second kappa shape index (κ2) is 4.73. The Bertz CT molecular complexity index is 70.8.